The minimum Gasteiger partial charge on any atom is -1.00 e. The first-order chi connectivity index (χ1) is 14.7. The normalized spacial score (nSPS) is 21.9. The van der Waals surface area contributed by atoms with E-state index in [-0.39, 0.29) is 34.0 Å². The van der Waals surface area contributed by atoms with Crippen molar-refractivity contribution in [3.8, 4) is 0 Å². The maximum Gasteiger partial charge on any atom is 0.441 e. The highest BCUT2D eigenvalue weighted by molar-refractivity contribution is 5.52. The van der Waals surface area contributed by atoms with Gasteiger partial charge in [0.05, 0.1) is 45.8 Å². The number of anilines is 1. The Balaban J connectivity index is 0.00000181. The van der Waals surface area contributed by atoms with Crippen molar-refractivity contribution in [1.29, 1.82) is 0 Å². The summed E-state index contributed by atoms with van der Waals surface area (Å²) < 4.78 is 5.18. The van der Waals surface area contributed by atoms with Gasteiger partial charge in [-0.05, 0) is 45.0 Å². The van der Waals surface area contributed by atoms with E-state index >= 15 is 0 Å². The average molecular weight is 572 g/mol. The van der Waals surface area contributed by atoms with Gasteiger partial charge in [0.2, 0.25) is 0 Å². The number of halogens is 2. The molecule has 1 aromatic heterocycles. The molecule has 0 amide bonds. The molecule has 0 atom stereocenters. The summed E-state index contributed by atoms with van der Waals surface area (Å²) in [5.41, 5.74) is 2.14. The lowest BCUT2D eigenvalue weighted by Gasteiger charge is -2.51. The van der Waals surface area contributed by atoms with E-state index in [1.807, 2.05) is 15.6 Å². The Kier molecular flexibility index (Phi) is 10.3. The summed E-state index contributed by atoms with van der Waals surface area (Å²) >= 11 is 0. The van der Waals surface area contributed by atoms with Gasteiger partial charge in [-0.3, -0.25) is 4.90 Å². The minimum atomic E-state index is 0. The molecular formula is C22H36Br2N8. The van der Waals surface area contributed by atoms with E-state index in [1.54, 1.807) is 0 Å². The molecule has 0 radical (unpaired) electrons. The fraction of sp³-hybridized carbons (Fsp3) is 0.636. The van der Waals surface area contributed by atoms with Crippen LogP contribution in [0.25, 0.3) is 0 Å². The second-order valence-electron chi connectivity index (χ2n) is 8.41. The molecule has 0 N–H and O–H groups in total. The van der Waals surface area contributed by atoms with Crippen LogP contribution in [0.3, 0.4) is 0 Å². The monoisotopic (exact) mass is 570 g/mol. The molecule has 0 spiro atoms. The number of hydrogen-bond acceptors (Lipinski definition) is 5. The number of quaternary nitrogens is 1. The van der Waals surface area contributed by atoms with Gasteiger partial charge < -0.3 is 43.3 Å². The molecule has 2 bridgehead atoms. The van der Waals surface area contributed by atoms with E-state index in [0.717, 1.165) is 37.8 Å². The summed E-state index contributed by atoms with van der Waals surface area (Å²) in [5, 5.41) is 13.3. The quantitative estimate of drug-likeness (QED) is 0.179. The molecule has 178 valence electrons. The first-order valence-corrected chi connectivity index (χ1v) is 11.5. The van der Waals surface area contributed by atoms with Crippen LogP contribution in [0, 0.1) is 0 Å². The Morgan fingerprint density at radius 2 is 1.66 bits per heavy atom. The van der Waals surface area contributed by atoms with E-state index in [9.17, 15) is 0 Å². The van der Waals surface area contributed by atoms with Crippen LogP contribution in [0.15, 0.2) is 40.8 Å². The number of fused-ring (bicyclic) bond motifs is 3. The molecule has 1 aromatic carbocycles. The van der Waals surface area contributed by atoms with Crippen molar-refractivity contribution in [3.63, 3.8) is 0 Å². The molecule has 4 heterocycles. The molecule has 0 aliphatic carbocycles. The van der Waals surface area contributed by atoms with Gasteiger partial charge in [0.15, 0.2) is 6.33 Å². The van der Waals surface area contributed by atoms with Gasteiger partial charge in [0, 0.05) is 37.0 Å². The Hall–Kier alpha value is -1.36. The summed E-state index contributed by atoms with van der Waals surface area (Å²) in [4.78, 5) is 5.10. The zero-order valence-electron chi connectivity index (χ0n) is 19.5. The molecule has 0 unspecified atom stereocenters. The smallest absolute Gasteiger partial charge is 0.441 e. The molecular weight excluding hydrogens is 536 g/mol. The highest BCUT2D eigenvalue weighted by Gasteiger charge is 2.38. The van der Waals surface area contributed by atoms with Crippen LogP contribution in [-0.2, 0) is 13.1 Å². The summed E-state index contributed by atoms with van der Waals surface area (Å²) in [6.07, 6.45) is 1.81. The minimum absolute atomic E-state index is 0. The van der Waals surface area contributed by atoms with Crippen LogP contribution < -0.4 is 43.5 Å². The number of hydrogen-bond donors (Lipinski definition) is 0. The zero-order chi connectivity index (χ0) is 21.0. The molecule has 3 saturated heterocycles. The third-order valence-electron chi connectivity index (χ3n) is 6.83. The number of aryl methyl sites for hydroxylation is 2. The van der Waals surface area contributed by atoms with Crippen molar-refractivity contribution in [2.45, 2.75) is 33.9 Å². The molecule has 3 aliphatic rings. The first kappa shape index (κ1) is 26.9. The Bertz CT molecular complexity index is 824. The topological polar surface area (TPSA) is 52.9 Å². The van der Waals surface area contributed by atoms with Gasteiger partial charge in [-0.2, -0.15) is 0 Å². The largest absolute Gasteiger partial charge is 1.00 e. The van der Waals surface area contributed by atoms with E-state index < -0.39 is 0 Å². The molecule has 8 nitrogen and oxygen atoms in total. The van der Waals surface area contributed by atoms with Crippen molar-refractivity contribution < 1.29 is 43.1 Å². The highest BCUT2D eigenvalue weighted by Crippen LogP contribution is 2.23. The predicted octanol–water partition coefficient (Wildman–Crippen LogP) is -3.39. The maximum absolute atomic E-state index is 4.46. The Morgan fingerprint density at radius 3 is 2.22 bits per heavy atom. The van der Waals surface area contributed by atoms with Gasteiger partial charge in [-0.1, -0.05) is 10.2 Å². The molecule has 0 saturated carbocycles. The summed E-state index contributed by atoms with van der Waals surface area (Å²) in [6, 6.07) is 8.49. The Labute approximate surface area is 213 Å². The summed E-state index contributed by atoms with van der Waals surface area (Å²) in [7, 11) is 0. The maximum atomic E-state index is 4.46. The standard InChI is InChI=1S/C22H36N8.2BrH/c1-4-27(14-18-30-15-11-26(12-16-30)13-17-30)21-9-7-20(8-10-21)24-25-22-28(5-2)19-23-29(22)6-3;;/h7-10,19H,4-6,11-18H2,1-3H3;2*1H/q+2;;/p-2. The average Bonchev–Trinajstić information content (AvgIpc) is 3.22. The number of piperazine rings is 3. The summed E-state index contributed by atoms with van der Waals surface area (Å²) in [5.74, 6) is 0.787. The van der Waals surface area contributed by atoms with Gasteiger partial charge in [-0.25, -0.2) is 4.57 Å². The highest BCUT2D eigenvalue weighted by atomic mass is 79.9. The molecule has 32 heavy (non-hydrogen) atoms. The molecule has 3 aliphatic heterocycles. The van der Waals surface area contributed by atoms with Crippen LogP contribution >= 0.6 is 0 Å². The van der Waals surface area contributed by atoms with Crippen LogP contribution in [-0.4, -0.2) is 78.0 Å². The SMILES string of the molecule is CCN(CC[N+]12CCN(CC1)CC2)c1ccc(/N=N/c2n(CC)cn[n+]2CC)cc1.[Br-].[Br-]. The lowest BCUT2D eigenvalue weighted by atomic mass is 10.1. The fourth-order valence-corrected chi connectivity index (χ4v) is 4.63. The van der Waals surface area contributed by atoms with E-state index in [4.69, 9.17) is 0 Å². The van der Waals surface area contributed by atoms with E-state index in [2.05, 4.69) is 70.2 Å². The lowest BCUT2D eigenvalue weighted by Crippen LogP contribution is -3.00. The fourth-order valence-electron chi connectivity index (χ4n) is 4.63. The van der Waals surface area contributed by atoms with Crippen molar-refractivity contribution in [2.75, 3.05) is 63.8 Å². The van der Waals surface area contributed by atoms with Crippen molar-refractivity contribution >= 4 is 17.3 Å². The number of rotatable bonds is 9. The van der Waals surface area contributed by atoms with Crippen molar-refractivity contribution in [2.24, 2.45) is 10.2 Å². The second-order valence-corrected chi connectivity index (χ2v) is 8.41. The number of aromatic nitrogens is 3. The van der Waals surface area contributed by atoms with Crippen LogP contribution in [0.2, 0.25) is 0 Å². The molecule has 5 rings (SSSR count). The lowest BCUT2D eigenvalue weighted by molar-refractivity contribution is -0.939. The van der Waals surface area contributed by atoms with Gasteiger partial charge in [-0.15, -0.1) is 4.68 Å². The van der Waals surface area contributed by atoms with Gasteiger partial charge in [0.1, 0.15) is 5.69 Å². The van der Waals surface area contributed by atoms with Crippen molar-refractivity contribution in [3.05, 3.63) is 30.6 Å². The van der Waals surface area contributed by atoms with Gasteiger partial charge in [0.25, 0.3) is 0 Å². The molecule has 2 aromatic rings. The number of nitrogens with zero attached hydrogens (tertiary/aromatic N) is 8. The number of azo groups is 1. The second kappa shape index (κ2) is 12.2. The third kappa shape index (κ3) is 5.95. The van der Waals surface area contributed by atoms with Crippen LogP contribution in [0.1, 0.15) is 20.8 Å². The number of likely N-dealkylation sites (N-methyl/N-ethyl adjacent to an activating group) is 1. The molecule has 3 fully saturated rings. The predicted molar refractivity (Wildman–Crippen MR) is 118 cm³/mol. The zero-order valence-corrected chi connectivity index (χ0v) is 22.7. The van der Waals surface area contributed by atoms with Crippen molar-refractivity contribution in [1.82, 2.24) is 14.6 Å². The van der Waals surface area contributed by atoms with Crippen LogP contribution in [0.4, 0.5) is 17.3 Å². The summed E-state index contributed by atoms with van der Waals surface area (Å²) in [6.45, 7) is 19.2. The number of benzene rings is 1. The van der Waals surface area contributed by atoms with Gasteiger partial charge >= 0.3 is 5.95 Å². The van der Waals surface area contributed by atoms with E-state index in [0.29, 0.717) is 0 Å². The van der Waals surface area contributed by atoms with E-state index in [1.165, 1.54) is 56.0 Å². The Morgan fingerprint density at radius 1 is 1.00 bits per heavy atom. The van der Waals surface area contributed by atoms with Crippen LogP contribution in [0.5, 0.6) is 0 Å². The first-order valence-electron chi connectivity index (χ1n) is 11.5. The third-order valence-corrected chi connectivity index (χ3v) is 6.83. The molecule has 10 heteroatoms.